The second-order valence-corrected chi connectivity index (χ2v) is 9.51. The number of carbonyl (C=O) groups excluding carboxylic acids is 2. The number of carbonyl (C=O) groups is 2. The lowest BCUT2D eigenvalue weighted by molar-refractivity contribution is -0.274. The summed E-state index contributed by atoms with van der Waals surface area (Å²) in [7, 11) is 0. The van der Waals surface area contributed by atoms with Gasteiger partial charge in [-0.05, 0) is 54.6 Å². The second kappa shape index (κ2) is 10.6. The van der Waals surface area contributed by atoms with E-state index in [1.165, 1.54) is 46.6 Å². The van der Waals surface area contributed by atoms with Gasteiger partial charge in [-0.15, -0.1) is 18.3 Å². The van der Waals surface area contributed by atoms with Crippen LogP contribution in [0.1, 0.15) is 0 Å². The van der Waals surface area contributed by atoms with Gasteiger partial charge >= 0.3 is 12.4 Å². The van der Waals surface area contributed by atoms with Gasteiger partial charge in [0.05, 0.1) is 22.8 Å². The van der Waals surface area contributed by atoms with Gasteiger partial charge in [-0.3, -0.25) is 9.69 Å². The number of urea groups is 1. The van der Waals surface area contributed by atoms with E-state index < -0.39 is 24.0 Å². The number of rotatable bonds is 5. The van der Waals surface area contributed by atoms with Gasteiger partial charge in [0.25, 0.3) is 0 Å². The molecule has 3 aromatic carbocycles. The molecule has 16 heteroatoms. The number of ether oxygens (including phenoxy) is 1. The summed E-state index contributed by atoms with van der Waals surface area (Å²) in [6, 6.07) is 12.9. The Balaban J connectivity index is 1.17. The molecule has 5 aromatic rings. The Labute approximate surface area is 236 Å². The van der Waals surface area contributed by atoms with Gasteiger partial charge in [0, 0.05) is 5.56 Å². The minimum Gasteiger partial charge on any atom is -0.443 e. The summed E-state index contributed by atoms with van der Waals surface area (Å²) in [5, 5.41) is 6.69. The lowest BCUT2D eigenvalue weighted by atomic mass is 10.2. The van der Waals surface area contributed by atoms with E-state index in [0.717, 1.165) is 30.0 Å². The highest BCUT2D eigenvalue weighted by Gasteiger charge is 2.33. The molecule has 1 aliphatic rings. The number of thioether (sulfide) groups is 1. The van der Waals surface area contributed by atoms with Crippen molar-refractivity contribution in [1.29, 1.82) is 0 Å². The van der Waals surface area contributed by atoms with Gasteiger partial charge < -0.3 is 14.5 Å². The molecule has 1 aliphatic heterocycles. The number of halogens is 4. The number of aromatic nitrogens is 4. The average Bonchev–Trinajstić information content (AvgIpc) is 3.70. The summed E-state index contributed by atoms with van der Waals surface area (Å²) < 4.78 is 62.5. The Hall–Kier alpha value is -5.25. The van der Waals surface area contributed by atoms with E-state index in [-0.39, 0.29) is 33.9 Å². The van der Waals surface area contributed by atoms with Crippen LogP contribution in [0.25, 0.3) is 28.2 Å². The molecule has 1 saturated heterocycles. The molecule has 11 nitrogen and oxygen atoms in total. The fourth-order valence-electron chi connectivity index (χ4n) is 4.04. The zero-order valence-corrected chi connectivity index (χ0v) is 21.7. The van der Waals surface area contributed by atoms with Crippen LogP contribution < -0.4 is 15.0 Å². The number of para-hydroxylation sites is 1. The summed E-state index contributed by atoms with van der Waals surface area (Å²) in [4.78, 5) is 38.7. The van der Waals surface area contributed by atoms with Crippen molar-refractivity contribution >= 4 is 51.3 Å². The van der Waals surface area contributed by atoms with Crippen molar-refractivity contribution in [3.8, 4) is 22.8 Å². The number of oxazole rings is 1. The van der Waals surface area contributed by atoms with Crippen LogP contribution in [0.2, 0.25) is 0 Å². The van der Waals surface area contributed by atoms with Gasteiger partial charge in [0.1, 0.15) is 23.4 Å². The molecule has 6 rings (SSSR count). The summed E-state index contributed by atoms with van der Waals surface area (Å²) in [5.74, 6) is -1.33. The molecule has 1 N–H and O–H groups in total. The minimum absolute atomic E-state index is 0.0501. The first-order valence-corrected chi connectivity index (χ1v) is 12.9. The average molecular weight is 598 g/mol. The summed E-state index contributed by atoms with van der Waals surface area (Å²) in [5.41, 5.74) is 1.77. The number of aliphatic imine (C=N–C) groups is 1. The largest absolute Gasteiger partial charge is 0.573 e. The third-order valence-electron chi connectivity index (χ3n) is 5.84. The SMILES string of the molecule is O=C(N=C1SCC(=O)N1c1cccc2ocnc12)Nc1ccc(-c2ncn(-c3ccc(OC(F)(F)F)cc3)n2)cc1F. The molecule has 0 bridgehead atoms. The Morgan fingerprint density at radius 3 is 2.67 bits per heavy atom. The van der Waals surface area contributed by atoms with E-state index in [4.69, 9.17) is 4.42 Å². The molecule has 0 aliphatic carbocycles. The van der Waals surface area contributed by atoms with Crippen molar-refractivity contribution in [3.05, 3.63) is 79.2 Å². The molecule has 0 saturated carbocycles. The maximum absolute atomic E-state index is 14.9. The van der Waals surface area contributed by atoms with Crippen LogP contribution in [0.15, 0.2) is 82.8 Å². The third kappa shape index (κ3) is 5.51. The molecule has 42 heavy (non-hydrogen) atoms. The molecule has 0 radical (unpaired) electrons. The van der Waals surface area contributed by atoms with Crippen LogP contribution in [0, 0.1) is 5.82 Å². The highest BCUT2D eigenvalue weighted by molar-refractivity contribution is 8.15. The normalized spacial score (nSPS) is 14.6. The van der Waals surface area contributed by atoms with Crippen molar-refractivity contribution in [1.82, 2.24) is 19.7 Å². The fraction of sp³-hybridized carbons (Fsp3) is 0.0769. The topological polar surface area (TPSA) is 128 Å². The van der Waals surface area contributed by atoms with Gasteiger partial charge in [-0.2, -0.15) is 4.99 Å². The van der Waals surface area contributed by atoms with Gasteiger partial charge in [0.2, 0.25) is 5.91 Å². The molecule has 1 fully saturated rings. The molecule has 212 valence electrons. The number of nitrogens with one attached hydrogen (secondary N) is 1. The predicted octanol–water partition coefficient (Wildman–Crippen LogP) is 5.78. The van der Waals surface area contributed by atoms with Crippen LogP contribution in [0.3, 0.4) is 0 Å². The first-order chi connectivity index (χ1) is 20.1. The number of amides is 3. The summed E-state index contributed by atoms with van der Waals surface area (Å²) in [6.45, 7) is 0. The Bertz CT molecular complexity index is 1850. The lowest BCUT2D eigenvalue weighted by Gasteiger charge is -2.16. The number of alkyl halides is 3. The number of benzene rings is 3. The van der Waals surface area contributed by atoms with E-state index in [1.54, 1.807) is 18.2 Å². The first-order valence-electron chi connectivity index (χ1n) is 11.9. The maximum atomic E-state index is 14.9. The predicted molar refractivity (Wildman–Crippen MR) is 144 cm³/mol. The maximum Gasteiger partial charge on any atom is 0.573 e. The third-order valence-corrected chi connectivity index (χ3v) is 6.76. The second-order valence-electron chi connectivity index (χ2n) is 8.57. The Morgan fingerprint density at radius 1 is 1.10 bits per heavy atom. The fourth-order valence-corrected chi connectivity index (χ4v) is 4.90. The van der Waals surface area contributed by atoms with Crippen LogP contribution in [0.5, 0.6) is 5.75 Å². The zero-order valence-electron chi connectivity index (χ0n) is 20.9. The van der Waals surface area contributed by atoms with E-state index >= 15 is 0 Å². The quantitative estimate of drug-likeness (QED) is 0.253. The Kier molecular flexibility index (Phi) is 6.82. The molecule has 2 aromatic heterocycles. The molecular weight excluding hydrogens is 582 g/mol. The number of hydrogen-bond donors (Lipinski definition) is 1. The van der Waals surface area contributed by atoms with Gasteiger partial charge in [0.15, 0.2) is 23.0 Å². The van der Waals surface area contributed by atoms with Gasteiger partial charge in [-0.25, -0.2) is 23.8 Å². The van der Waals surface area contributed by atoms with Gasteiger partial charge in [-0.1, -0.05) is 17.8 Å². The molecule has 3 amide bonds. The van der Waals surface area contributed by atoms with E-state index in [0.29, 0.717) is 22.5 Å². The van der Waals surface area contributed by atoms with Crippen LogP contribution in [-0.4, -0.2) is 49.0 Å². The monoisotopic (exact) mass is 597 g/mol. The van der Waals surface area contributed by atoms with E-state index in [1.807, 2.05) is 0 Å². The molecule has 0 spiro atoms. The van der Waals surface area contributed by atoms with Crippen LogP contribution in [0.4, 0.5) is 33.7 Å². The standard InChI is InChI=1S/C26H15F4N7O4S/c27-17-10-14(23-31-12-36(35-23)15-5-7-16(8-6-15)41-26(28,29)30)4-9-18(17)33-24(39)34-25-37(21(38)11-42-25)19-2-1-3-20-22(19)32-13-40-20/h1-10,12-13H,11H2,(H,33,39). The van der Waals surface area contributed by atoms with Crippen LogP contribution in [-0.2, 0) is 4.79 Å². The highest BCUT2D eigenvalue weighted by Crippen LogP contribution is 2.32. The summed E-state index contributed by atoms with van der Waals surface area (Å²) >= 11 is 1.05. The molecule has 0 atom stereocenters. The zero-order chi connectivity index (χ0) is 29.4. The smallest absolute Gasteiger partial charge is 0.443 e. The number of hydrogen-bond acceptors (Lipinski definition) is 8. The molecular formula is C26H15F4N7O4S. The van der Waals surface area contributed by atoms with Crippen molar-refractivity contribution < 1.29 is 36.3 Å². The molecule has 3 heterocycles. The van der Waals surface area contributed by atoms with Crippen molar-refractivity contribution in [2.45, 2.75) is 6.36 Å². The van der Waals surface area contributed by atoms with E-state index in [2.05, 4.69) is 30.1 Å². The lowest BCUT2D eigenvalue weighted by Crippen LogP contribution is -2.30. The highest BCUT2D eigenvalue weighted by atomic mass is 32.2. The number of nitrogens with zero attached hydrogens (tertiary/aromatic N) is 6. The summed E-state index contributed by atoms with van der Waals surface area (Å²) in [6.07, 6.45) is -2.26. The molecule has 0 unspecified atom stereocenters. The minimum atomic E-state index is -4.81. The first kappa shape index (κ1) is 26.9. The Morgan fingerprint density at radius 2 is 1.90 bits per heavy atom. The number of anilines is 2. The van der Waals surface area contributed by atoms with Crippen molar-refractivity contribution in [2.75, 3.05) is 16.0 Å². The van der Waals surface area contributed by atoms with Crippen LogP contribution >= 0.6 is 11.8 Å². The van der Waals surface area contributed by atoms with Crippen molar-refractivity contribution in [2.24, 2.45) is 4.99 Å². The van der Waals surface area contributed by atoms with Crippen molar-refractivity contribution in [3.63, 3.8) is 0 Å². The number of amidine groups is 1. The van der Waals surface area contributed by atoms with E-state index in [9.17, 15) is 27.2 Å². The number of fused-ring (bicyclic) bond motifs is 1.